The number of H-pyrrole nitrogens is 1. The lowest BCUT2D eigenvalue weighted by atomic mass is 10.0. The Morgan fingerprint density at radius 1 is 1.38 bits per heavy atom. The quantitative estimate of drug-likeness (QED) is 0.530. The molecule has 116 valence electrons. The molecule has 1 aromatic heterocycles. The number of aromatic amines is 1. The maximum absolute atomic E-state index is 12.5. The summed E-state index contributed by atoms with van der Waals surface area (Å²) in [7, 11) is 0. The molecule has 0 saturated carbocycles. The molecular weight excluding hydrogens is 280 g/mol. The highest BCUT2D eigenvalue weighted by Crippen LogP contribution is 2.22. The second-order valence-electron chi connectivity index (χ2n) is 4.73. The van der Waals surface area contributed by atoms with Gasteiger partial charge in [0, 0.05) is 19.5 Å². The van der Waals surface area contributed by atoms with Crippen molar-refractivity contribution in [2.24, 2.45) is 0 Å². The van der Waals surface area contributed by atoms with E-state index in [2.05, 4.69) is 9.97 Å². The van der Waals surface area contributed by atoms with Gasteiger partial charge in [-0.1, -0.05) is 0 Å². The molecule has 0 fully saturated rings. The molecule has 0 aliphatic carbocycles. The molecule has 21 heavy (non-hydrogen) atoms. The molecule has 2 heterocycles. The number of nitrogens with zero attached hydrogens (tertiary/aromatic N) is 3. The summed E-state index contributed by atoms with van der Waals surface area (Å²) in [6.45, 7) is -0.326. The van der Waals surface area contributed by atoms with E-state index in [1.54, 1.807) is 0 Å². The minimum atomic E-state index is -1.11. The van der Waals surface area contributed by atoms with Crippen LogP contribution in [-0.4, -0.2) is 79.4 Å². The predicted octanol–water partition coefficient (Wildman–Crippen LogP) is -1.37. The molecule has 0 bridgehead atoms. The molecule has 0 saturated heterocycles. The fourth-order valence-electron chi connectivity index (χ4n) is 2.38. The van der Waals surface area contributed by atoms with Crippen molar-refractivity contribution in [1.29, 1.82) is 0 Å². The first-order valence-corrected chi connectivity index (χ1v) is 6.59. The lowest BCUT2D eigenvalue weighted by Crippen LogP contribution is -2.54. The third-order valence-corrected chi connectivity index (χ3v) is 3.44. The van der Waals surface area contributed by atoms with Crippen molar-refractivity contribution < 1.29 is 24.9 Å². The average molecular weight is 298 g/mol. The Labute approximate surface area is 120 Å². The Balaban J connectivity index is 2.22. The highest BCUT2D eigenvalue weighted by molar-refractivity contribution is 5.83. The minimum absolute atomic E-state index is 0.0397. The van der Waals surface area contributed by atoms with Gasteiger partial charge in [-0.15, -0.1) is 0 Å². The number of amides is 2. The summed E-state index contributed by atoms with van der Waals surface area (Å²) in [5.41, 5.74) is 1.34. The van der Waals surface area contributed by atoms with E-state index in [1.807, 2.05) is 0 Å². The second-order valence-corrected chi connectivity index (χ2v) is 4.73. The monoisotopic (exact) mass is 298 g/mol. The molecule has 0 spiro atoms. The Morgan fingerprint density at radius 3 is 2.62 bits per heavy atom. The number of hydrogen-bond acceptors (Lipinski definition) is 5. The smallest absolute Gasteiger partial charge is 0.326 e. The van der Waals surface area contributed by atoms with E-state index in [-0.39, 0.29) is 39.3 Å². The van der Waals surface area contributed by atoms with Crippen molar-refractivity contribution in [1.82, 2.24) is 19.8 Å². The molecule has 1 aliphatic rings. The summed E-state index contributed by atoms with van der Waals surface area (Å²) in [6, 6.07) is -1.53. The number of carboxylic acid groups (broad SMARTS) is 1. The van der Waals surface area contributed by atoms with Crippen LogP contribution in [0.3, 0.4) is 0 Å². The molecule has 0 aromatic carbocycles. The van der Waals surface area contributed by atoms with E-state index >= 15 is 0 Å². The van der Waals surface area contributed by atoms with Crippen LogP contribution in [0.25, 0.3) is 0 Å². The van der Waals surface area contributed by atoms with Crippen LogP contribution in [0.5, 0.6) is 0 Å². The van der Waals surface area contributed by atoms with E-state index in [1.165, 1.54) is 16.1 Å². The van der Waals surface area contributed by atoms with Crippen LogP contribution >= 0.6 is 0 Å². The van der Waals surface area contributed by atoms with E-state index in [0.717, 1.165) is 0 Å². The van der Waals surface area contributed by atoms with Gasteiger partial charge < -0.3 is 30.1 Å². The fourth-order valence-corrected chi connectivity index (χ4v) is 2.38. The third kappa shape index (κ3) is 3.14. The minimum Gasteiger partial charge on any atom is -0.480 e. The van der Waals surface area contributed by atoms with Crippen molar-refractivity contribution in [2.75, 3.05) is 26.3 Å². The number of aromatic nitrogens is 2. The molecule has 2 amide bonds. The second kappa shape index (κ2) is 6.55. The summed E-state index contributed by atoms with van der Waals surface area (Å²) in [6.07, 6.45) is 1.60. The first-order valence-electron chi connectivity index (χ1n) is 6.59. The lowest BCUT2D eigenvalue weighted by molar-refractivity contribution is -0.143. The van der Waals surface area contributed by atoms with Gasteiger partial charge in [-0.2, -0.15) is 0 Å². The molecule has 1 atom stereocenters. The van der Waals surface area contributed by atoms with Gasteiger partial charge in [0.15, 0.2) is 0 Å². The first kappa shape index (κ1) is 15.3. The standard InChI is InChI=1S/C12H18N4O5/c17-3-1-15(2-4-18)12(21)16-6-9-8(13-7-14-9)5-10(16)11(19)20/h7,10,17-18H,1-6H2,(H,13,14)(H,19,20). The van der Waals surface area contributed by atoms with Crippen LogP contribution in [-0.2, 0) is 17.8 Å². The largest absolute Gasteiger partial charge is 0.480 e. The van der Waals surface area contributed by atoms with Crippen LogP contribution in [0, 0.1) is 0 Å². The zero-order valence-corrected chi connectivity index (χ0v) is 11.4. The molecule has 9 heteroatoms. The van der Waals surface area contributed by atoms with Gasteiger partial charge in [0.25, 0.3) is 0 Å². The Kier molecular flexibility index (Phi) is 4.76. The van der Waals surface area contributed by atoms with Crippen LogP contribution in [0.4, 0.5) is 4.79 Å². The van der Waals surface area contributed by atoms with Crippen molar-refractivity contribution in [2.45, 2.75) is 19.0 Å². The van der Waals surface area contributed by atoms with Gasteiger partial charge in [-0.25, -0.2) is 14.6 Å². The number of nitrogens with one attached hydrogen (secondary N) is 1. The number of carboxylic acids is 1. The zero-order valence-electron chi connectivity index (χ0n) is 11.4. The predicted molar refractivity (Wildman–Crippen MR) is 70.4 cm³/mol. The normalized spacial score (nSPS) is 17.4. The summed E-state index contributed by atoms with van der Waals surface area (Å²) in [4.78, 5) is 33.2. The average Bonchev–Trinajstić information content (AvgIpc) is 2.92. The lowest BCUT2D eigenvalue weighted by Gasteiger charge is -2.36. The van der Waals surface area contributed by atoms with Gasteiger partial charge in [0.05, 0.1) is 37.5 Å². The van der Waals surface area contributed by atoms with Crippen LogP contribution in [0.15, 0.2) is 6.33 Å². The van der Waals surface area contributed by atoms with Crippen LogP contribution < -0.4 is 0 Å². The van der Waals surface area contributed by atoms with Crippen molar-refractivity contribution in [3.8, 4) is 0 Å². The number of imidazole rings is 1. The van der Waals surface area contributed by atoms with Gasteiger partial charge in [0.1, 0.15) is 6.04 Å². The van der Waals surface area contributed by atoms with E-state index in [9.17, 15) is 14.7 Å². The number of hydrogen-bond donors (Lipinski definition) is 4. The van der Waals surface area contributed by atoms with Gasteiger partial charge in [0.2, 0.25) is 0 Å². The number of fused-ring (bicyclic) bond motifs is 1. The van der Waals surface area contributed by atoms with Crippen molar-refractivity contribution >= 4 is 12.0 Å². The van der Waals surface area contributed by atoms with Gasteiger partial charge in [-0.05, 0) is 0 Å². The molecule has 4 N–H and O–H groups in total. The third-order valence-electron chi connectivity index (χ3n) is 3.44. The summed E-state index contributed by atoms with van der Waals surface area (Å²) < 4.78 is 0. The molecule has 1 unspecified atom stereocenters. The Hall–Kier alpha value is -2.13. The highest BCUT2D eigenvalue weighted by Gasteiger charge is 2.37. The number of rotatable bonds is 5. The van der Waals surface area contributed by atoms with E-state index in [0.29, 0.717) is 11.4 Å². The van der Waals surface area contributed by atoms with E-state index in [4.69, 9.17) is 10.2 Å². The number of urea groups is 1. The van der Waals surface area contributed by atoms with E-state index < -0.39 is 18.0 Å². The molecule has 1 aliphatic heterocycles. The van der Waals surface area contributed by atoms with Gasteiger partial charge in [-0.3, -0.25) is 0 Å². The van der Waals surface area contributed by atoms with Crippen LogP contribution in [0.2, 0.25) is 0 Å². The van der Waals surface area contributed by atoms with Crippen LogP contribution in [0.1, 0.15) is 11.4 Å². The molecule has 0 radical (unpaired) electrons. The summed E-state index contributed by atoms with van der Waals surface area (Å²) in [5.74, 6) is -1.11. The number of carbonyl (C=O) groups excluding carboxylic acids is 1. The molecular formula is C12H18N4O5. The number of aliphatic hydroxyl groups excluding tert-OH is 2. The van der Waals surface area contributed by atoms with Gasteiger partial charge >= 0.3 is 12.0 Å². The maximum atomic E-state index is 12.5. The highest BCUT2D eigenvalue weighted by atomic mass is 16.4. The molecule has 2 rings (SSSR count). The topological polar surface area (TPSA) is 130 Å². The fraction of sp³-hybridized carbons (Fsp3) is 0.583. The Morgan fingerprint density at radius 2 is 2.05 bits per heavy atom. The molecule has 9 nitrogen and oxygen atoms in total. The first-order chi connectivity index (χ1) is 10.1. The number of aliphatic hydroxyl groups is 2. The zero-order chi connectivity index (χ0) is 15.4. The maximum Gasteiger partial charge on any atom is 0.326 e. The van der Waals surface area contributed by atoms with Crippen molar-refractivity contribution in [3.63, 3.8) is 0 Å². The molecule has 1 aromatic rings. The SMILES string of the molecule is O=C(O)C1Cc2nc[nH]c2CN1C(=O)N(CCO)CCO. The van der Waals surface area contributed by atoms with Crippen molar-refractivity contribution in [3.05, 3.63) is 17.7 Å². The summed E-state index contributed by atoms with van der Waals surface area (Å²) >= 11 is 0. The Bertz CT molecular complexity index is 512. The number of carbonyl (C=O) groups is 2. The number of aliphatic carboxylic acids is 1. The summed E-state index contributed by atoms with van der Waals surface area (Å²) in [5, 5.41) is 27.3.